The summed E-state index contributed by atoms with van der Waals surface area (Å²) in [6.45, 7) is 0.289. The van der Waals surface area contributed by atoms with E-state index in [1.54, 1.807) is 7.11 Å². The number of carbonyl (C=O) groups excluding carboxylic acids is 3. The number of ether oxygens (including phenoxy) is 1. The SMILES string of the molecule is COc1ccc(CCN2C(=O)NC(CC(=O)NC3CC3)C2=O)cc1. The smallest absolute Gasteiger partial charge is 0.324 e. The molecule has 7 nitrogen and oxygen atoms in total. The molecule has 7 heteroatoms. The van der Waals surface area contributed by atoms with Crippen molar-refractivity contribution in [2.75, 3.05) is 13.7 Å². The number of urea groups is 1. The van der Waals surface area contributed by atoms with Crippen LogP contribution in [0.15, 0.2) is 24.3 Å². The molecule has 1 atom stereocenters. The van der Waals surface area contributed by atoms with Crippen LogP contribution in [-0.2, 0) is 16.0 Å². The first-order valence-corrected chi connectivity index (χ1v) is 8.11. The summed E-state index contributed by atoms with van der Waals surface area (Å²) in [5, 5.41) is 5.42. The van der Waals surface area contributed by atoms with Crippen molar-refractivity contribution in [2.24, 2.45) is 0 Å². The molecule has 1 aromatic carbocycles. The number of imide groups is 1. The standard InChI is InChI=1S/C17H21N3O4/c1-24-13-6-2-11(3-7-13)8-9-20-16(22)14(19-17(20)23)10-15(21)18-12-4-5-12/h2-3,6-7,12,14H,4-5,8-10H2,1H3,(H,18,21)(H,19,23). The van der Waals surface area contributed by atoms with E-state index in [2.05, 4.69) is 10.6 Å². The quantitative estimate of drug-likeness (QED) is 0.724. The minimum absolute atomic E-state index is 0.000108. The van der Waals surface area contributed by atoms with Gasteiger partial charge in [-0.05, 0) is 37.0 Å². The second kappa shape index (κ2) is 6.90. The Morgan fingerprint density at radius 2 is 2.00 bits per heavy atom. The van der Waals surface area contributed by atoms with Crippen LogP contribution in [0.1, 0.15) is 24.8 Å². The molecule has 0 aromatic heterocycles. The van der Waals surface area contributed by atoms with E-state index in [9.17, 15) is 14.4 Å². The van der Waals surface area contributed by atoms with Gasteiger partial charge in [-0.1, -0.05) is 12.1 Å². The molecule has 1 aliphatic heterocycles. The predicted octanol–water partition coefficient (Wildman–Crippen LogP) is 0.827. The van der Waals surface area contributed by atoms with Gasteiger partial charge in [-0.25, -0.2) is 4.79 Å². The molecule has 1 saturated carbocycles. The summed E-state index contributed by atoms with van der Waals surface area (Å²) in [5.74, 6) is 0.239. The van der Waals surface area contributed by atoms with Gasteiger partial charge in [0.1, 0.15) is 11.8 Å². The third kappa shape index (κ3) is 3.84. The van der Waals surface area contributed by atoms with E-state index in [1.165, 1.54) is 4.90 Å². The van der Waals surface area contributed by atoms with Crippen molar-refractivity contribution >= 4 is 17.8 Å². The molecular formula is C17H21N3O4. The zero-order valence-corrected chi connectivity index (χ0v) is 13.6. The van der Waals surface area contributed by atoms with Crippen LogP contribution in [-0.4, -0.2) is 48.5 Å². The average Bonchev–Trinajstić information content (AvgIpc) is 3.34. The molecule has 0 spiro atoms. The number of rotatable bonds is 7. The van der Waals surface area contributed by atoms with Crippen molar-refractivity contribution in [1.29, 1.82) is 0 Å². The van der Waals surface area contributed by atoms with Crippen molar-refractivity contribution in [2.45, 2.75) is 37.8 Å². The maximum absolute atomic E-state index is 12.3. The second-order valence-electron chi connectivity index (χ2n) is 6.14. The first kappa shape index (κ1) is 16.3. The molecule has 4 amide bonds. The van der Waals surface area contributed by atoms with E-state index in [-0.39, 0.29) is 30.8 Å². The van der Waals surface area contributed by atoms with Crippen LogP contribution in [0.3, 0.4) is 0 Å². The number of hydrogen-bond acceptors (Lipinski definition) is 4. The molecule has 24 heavy (non-hydrogen) atoms. The molecule has 0 bridgehead atoms. The highest BCUT2D eigenvalue weighted by Gasteiger charge is 2.39. The third-order valence-corrected chi connectivity index (χ3v) is 4.22. The summed E-state index contributed by atoms with van der Waals surface area (Å²) in [5.41, 5.74) is 1.01. The van der Waals surface area contributed by atoms with Crippen LogP contribution in [0.4, 0.5) is 4.79 Å². The maximum Gasteiger partial charge on any atom is 0.324 e. The number of nitrogens with zero attached hydrogens (tertiary/aromatic N) is 1. The molecule has 1 heterocycles. The monoisotopic (exact) mass is 331 g/mol. The van der Waals surface area contributed by atoms with Crippen molar-refractivity contribution < 1.29 is 19.1 Å². The minimum atomic E-state index is -0.757. The number of carbonyl (C=O) groups is 3. The predicted molar refractivity (Wildman–Crippen MR) is 86.5 cm³/mol. The van der Waals surface area contributed by atoms with Gasteiger partial charge < -0.3 is 15.4 Å². The molecule has 2 aliphatic rings. The van der Waals surface area contributed by atoms with E-state index in [0.717, 1.165) is 24.2 Å². The first-order chi connectivity index (χ1) is 11.6. The fourth-order valence-electron chi connectivity index (χ4n) is 2.66. The van der Waals surface area contributed by atoms with Gasteiger partial charge in [-0.15, -0.1) is 0 Å². The van der Waals surface area contributed by atoms with Crippen LogP contribution in [0.25, 0.3) is 0 Å². The van der Waals surface area contributed by atoms with Gasteiger partial charge in [0.2, 0.25) is 5.91 Å². The Hall–Kier alpha value is -2.57. The van der Waals surface area contributed by atoms with E-state index in [1.807, 2.05) is 24.3 Å². The topological polar surface area (TPSA) is 87.7 Å². The maximum atomic E-state index is 12.3. The van der Waals surface area contributed by atoms with Gasteiger partial charge in [-0.2, -0.15) is 0 Å². The van der Waals surface area contributed by atoms with E-state index < -0.39 is 12.1 Å². The average molecular weight is 331 g/mol. The molecule has 3 rings (SSSR count). The second-order valence-corrected chi connectivity index (χ2v) is 6.14. The van der Waals surface area contributed by atoms with Gasteiger partial charge >= 0.3 is 6.03 Å². The fourth-order valence-corrected chi connectivity index (χ4v) is 2.66. The van der Waals surface area contributed by atoms with Gasteiger partial charge in [0.05, 0.1) is 13.5 Å². The zero-order chi connectivity index (χ0) is 17.1. The van der Waals surface area contributed by atoms with Gasteiger partial charge in [0.15, 0.2) is 0 Å². The highest BCUT2D eigenvalue weighted by molar-refractivity contribution is 6.05. The first-order valence-electron chi connectivity index (χ1n) is 8.11. The van der Waals surface area contributed by atoms with Gasteiger partial charge in [-0.3, -0.25) is 14.5 Å². The summed E-state index contributed by atoms with van der Waals surface area (Å²) in [6.07, 6.45) is 2.54. The summed E-state index contributed by atoms with van der Waals surface area (Å²) in [6, 6.07) is 6.54. The summed E-state index contributed by atoms with van der Waals surface area (Å²) >= 11 is 0. The van der Waals surface area contributed by atoms with Gasteiger partial charge in [0.25, 0.3) is 5.91 Å². The van der Waals surface area contributed by atoms with Crippen molar-refractivity contribution in [3.8, 4) is 5.75 Å². The Bertz CT molecular complexity index is 640. The Morgan fingerprint density at radius 1 is 1.29 bits per heavy atom. The number of hydrogen-bond donors (Lipinski definition) is 2. The molecular weight excluding hydrogens is 310 g/mol. The third-order valence-electron chi connectivity index (χ3n) is 4.22. The molecule has 0 radical (unpaired) electrons. The molecule has 2 N–H and O–H groups in total. The van der Waals surface area contributed by atoms with Crippen LogP contribution >= 0.6 is 0 Å². The molecule has 1 saturated heterocycles. The number of nitrogens with one attached hydrogen (secondary N) is 2. The lowest BCUT2D eigenvalue weighted by molar-refractivity contribution is -0.130. The van der Waals surface area contributed by atoms with E-state index in [4.69, 9.17) is 4.74 Å². The van der Waals surface area contributed by atoms with Crippen LogP contribution in [0.2, 0.25) is 0 Å². The van der Waals surface area contributed by atoms with Crippen LogP contribution < -0.4 is 15.4 Å². The largest absolute Gasteiger partial charge is 0.497 e. The number of amides is 4. The lowest BCUT2D eigenvalue weighted by Crippen LogP contribution is -2.37. The van der Waals surface area contributed by atoms with E-state index in [0.29, 0.717) is 6.42 Å². The molecule has 1 aliphatic carbocycles. The zero-order valence-electron chi connectivity index (χ0n) is 13.6. The van der Waals surface area contributed by atoms with Crippen molar-refractivity contribution in [3.05, 3.63) is 29.8 Å². The Morgan fingerprint density at radius 3 is 2.62 bits per heavy atom. The van der Waals surface area contributed by atoms with Crippen LogP contribution in [0.5, 0.6) is 5.75 Å². The lowest BCUT2D eigenvalue weighted by Gasteiger charge is -2.13. The lowest BCUT2D eigenvalue weighted by atomic mass is 10.1. The Labute approximate surface area is 140 Å². The summed E-state index contributed by atoms with van der Waals surface area (Å²) in [7, 11) is 1.60. The number of methoxy groups -OCH3 is 1. The highest BCUT2D eigenvalue weighted by Crippen LogP contribution is 2.19. The van der Waals surface area contributed by atoms with E-state index >= 15 is 0 Å². The molecule has 1 unspecified atom stereocenters. The summed E-state index contributed by atoms with van der Waals surface area (Å²) < 4.78 is 5.10. The Kier molecular flexibility index (Phi) is 4.69. The molecule has 1 aromatic rings. The Balaban J connectivity index is 1.52. The van der Waals surface area contributed by atoms with Gasteiger partial charge in [0, 0.05) is 12.6 Å². The highest BCUT2D eigenvalue weighted by atomic mass is 16.5. The van der Waals surface area contributed by atoms with Crippen LogP contribution in [0, 0.1) is 0 Å². The molecule has 128 valence electrons. The normalized spacial score (nSPS) is 20.0. The van der Waals surface area contributed by atoms with Crippen molar-refractivity contribution in [3.63, 3.8) is 0 Å². The molecule has 2 fully saturated rings. The van der Waals surface area contributed by atoms with Crippen molar-refractivity contribution in [1.82, 2.24) is 15.5 Å². The number of benzene rings is 1. The minimum Gasteiger partial charge on any atom is -0.497 e. The summed E-state index contributed by atoms with van der Waals surface area (Å²) in [4.78, 5) is 37.3. The fraction of sp³-hybridized carbons (Fsp3) is 0.471.